The molecule has 0 saturated heterocycles. The molecule has 0 bridgehead atoms. The van der Waals surface area contributed by atoms with E-state index in [9.17, 15) is 4.79 Å². The first-order valence-electron chi connectivity index (χ1n) is 2.46. The van der Waals surface area contributed by atoms with E-state index in [2.05, 4.69) is 0 Å². The summed E-state index contributed by atoms with van der Waals surface area (Å²) in [6.45, 7) is 0. The largest absolute Gasteiger partial charge is 1.00 e. The summed E-state index contributed by atoms with van der Waals surface area (Å²) in [6, 6.07) is 0. The van der Waals surface area contributed by atoms with Gasteiger partial charge in [0, 0.05) is 12.4 Å². The molecule has 0 fully saturated rings. The van der Waals surface area contributed by atoms with E-state index < -0.39 is 0 Å². The van der Waals surface area contributed by atoms with Gasteiger partial charge in [0.25, 0.3) is 0 Å². The molecule has 1 aliphatic heterocycles. The minimum absolute atomic E-state index is 0. The Hall–Kier alpha value is 0.256. The van der Waals surface area contributed by atoms with E-state index >= 15 is 0 Å². The fourth-order valence-electron chi connectivity index (χ4n) is 0.502. The predicted octanol–water partition coefficient (Wildman–Crippen LogP) is -2.89. The topological polar surface area (TPSA) is 52.3 Å². The van der Waals surface area contributed by atoms with E-state index in [-0.39, 0.29) is 57.5 Å². The van der Waals surface area contributed by atoms with Gasteiger partial charge < -0.3 is 15.3 Å². The summed E-state index contributed by atoms with van der Waals surface area (Å²) >= 11 is 0. The number of carbonyl (C=O) groups is 1. The van der Waals surface area contributed by atoms with Crippen LogP contribution in [0.5, 0.6) is 0 Å². The number of aldehydes is 1. The summed E-state index contributed by atoms with van der Waals surface area (Å²) in [6.07, 6.45) is 5.39. The monoisotopic (exact) mass is 163 g/mol. The van der Waals surface area contributed by atoms with Gasteiger partial charge in [0.05, 0.1) is 0 Å². The third-order valence-corrected chi connectivity index (χ3v) is 0.941. The van der Waals surface area contributed by atoms with Crippen LogP contribution in [0.15, 0.2) is 24.1 Å². The number of ether oxygens (including phenoxy) is 1. The van der Waals surface area contributed by atoms with Crippen molar-refractivity contribution < 1.29 is 60.9 Å². The normalized spacial score (nSPS) is 14.8. The fraction of sp³-hybridized carbons (Fsp3) is 0. The fourth-order valence-corrected chi connectivity index (χ4v) is 0.502. The van der Waals surface area contributed by atoms with Crippen LogP contribution in [0.4, 0.5) is 0 Å². The van der Waals surface area contributed by atoms with E-state index in [1.54, 1.807) is 12.2 Å². The molecule has 3 nitrogen and oxygen atoms in total. The molecule has 0 atom stereocenters. The van der Waals surface area contributed by atoms with Crippen molar-refractivity contribution in [3.05, 3.63) is 30.2 Å². The summed E-state index contributed by atoms with van der Waals surface area (Å²) in [5.74, 6) is 0. The minimum atomic E-state index is 0. The summed E-state index contributed by atoms with van der Waals surface area (Å²) in [4.78, 5) is 10.1. The molecule has 0 radical (unpaired) electrons. The third-order valence-electron chi connectivity index (χ3n) is 0.941. The van der Waals surface area contributed by atoms with Crippen molar-refractivity contribution >= 4 is 6.29 Å². The zero-order valence-corrected chi connectivity index (χ0v) is 8.83. The van der Waals surface area contributed by atoms with Gasteiger partial charge in [0.15, 0.2) is 0 Å². The average Bonchev–Trinajstić information content (AvgIpc) is 1.89. The van der Waals surface area contributed by atoms with Crippen LogP contribution in [-0.2, 0) is 9.53 Å². The second kappa shape index (κ2) is 4.98. The van der Waals surface area contributed by atoms with Crippen molar-refractivity contribution in [2.24, 2.45) is 5.73 Å². The second-order valence-corrected chi connectivity index (χ2v) is 1.55. The van der Waals surface area contributed by atoms with Gasteiger partial charge in [-0.15, -0.1) is 6.08 Å². The minimum Gasteiger partial charge on any atom is -0.548 e. The molecule has 0 amide bonds. The van der Waals surface area contributed by atoms with Crippen molar-refractivity contribution in [1.29, 1.82) is 0 Å². The van der Waals surface area contributed by atoms with E-state index in [0.717, 1.165) is 0 Å². The quantitative estimate of drug-likeness (QED) is 0.256. The van der Waals surface area contributed by atoms with Crippen LogP contribution >= 0.6 is 0 Å². The second-order valence-electron chi connectivity index (χ2n) is 1.55. The number of hydrogen-bond donors (Lipinski definition) is 1. The number of hydrogen-bond acceptors (Lipinski definition) is 3. The maximum Gasteiger partial charge on any atom is 1.00 e. The van der Waals surface area contributed by atoms with Crippen molar-refractivity contribution in [3.8, 4) is 0 Å². The van der Waals surface area contributed by atoms with Crippen molar-refractivity contribution in [2.75, 3.05) is 0 Å². The molecule has 1 heterocycles. The zero-order valence-electron chi connectivity index (χ0n) is 5.70. The Morgan fingerprint density at radius 2 is 2.40 bits per heavy atom. The van der Waals surface area contributed by atoms with Crippen molar-refractivity contribution in [1.82, 2.24) is 0 Å². The van der Waals surface area contributed by atoms with Gasteiger partial charge >= 0.3 is 51.4 Å². The van der Waals surface area contributed by atoms with Crippen LogP contribution < -0.4 is 57.1 Å². The molecule has 4 heteroatoms. The molecule has 0 spiro atoms. The van der Waals surface area contributed by atoms with Crippen LogP contribution in [0.1, 0.15) is 0 Å². The molecule has 0 aromatic carbocycles. The van der Waals surface area contributed by atoms with Crippen LogP contribution in [-0.4, -0.2) is 6.29 Å². The molecular weight excluding hydrogens is 157 g/mol. The zero-order chi connectivity index (χ0) is 6.69. The van der Waals surface area contributed by atoms with E-state index in [1.165, 1.54) is 6.26 Å². The van der Waals surface area contributed by atoms with Gasteiger partial charge in [-0.05, 0) is 0 Å². The molecule has 0 aromatic heterocycles. The van der Waals surface area contributed by atoms with Gasteiger partial charge in [-0.3, -0.25) is 0 Å². The van der Waals surface area contributed by atoms with Crippen LogP contribution in [0, 0.1) is 6.10 Å². The SMILES string of the molecule is NC1=CC=CO[C-]1C=O.[K+]. The summed E-state index contributed by atoms with van der Waals surface area (Å²) in [5, 5.41) is 0. The molecule has 0 aliphatic carbocycles. The Morgan fingerprint density at radius 1 is 1.70 bits per heavy atom. The van der Waals surface area contributed by atoms with Crippen LogP contribution in [0.3, 0.4) is 0 Å². The maximum atomic E-state index is 10.1. The van der Waals surface area contributed by atoms with E-state index in [4.69, 9.17) is 10.5 Å². The van der Waals surface area contributed by atoms with Gasteiger partial charge in [-0.2, -0.15) is 6.08 Å². The van der Waals surface area contributed by atoms with Gasteiger partial charge in [-0.1, -0.05) is 5.70 Å². The standard InChI is InChI=1S/C6H6NO2.K/c7-5-2-1-3-9-6(5)4-8;/h1-4H,7H2;/q-1;+1. The molecule has 2 N–H and O–H groups in total. The van der Waals surface area contributed by atoms with Crippen molar-refractivity contribution in [3.63, 3.8) is 0 Å². The molecule has 0 saturated carbocycles. The summed E-state index contributed by atoms with van der Waals surface area (Å²) in [7, 11) is 0. The molecular formula is C6H6KNO2. The molecule has 10 heavy (non-hydrogen) atoms. The van der Waals surface area contributed by atoms with Gasteiger partial charge in [0.1, 0.15) is 6.29 Å². The Bertz CT molecular complexity index is 177. The van der Waals surface area contributed by atoms with Crippen LogP contribution in [0.25, 0.3) is 0 Å². The number of nitrogens with two attached hydrogens (primary N) is 1. The smallest absolute Gasteiger partial charge is 0.548 e. The first-order valence-corrected chi connectivity index (χ1v) is 2.46. The summed E-state index contributed by atoms with van der Waals surface area (Å²) < 4.78 is 4.71. The van der Waals surface area contributed by atoms with E-state index in [1.807, 2.05) is 0 Å². The Morgan fingerprint density at radius 3 is 2.80 bits per heavy atom. The molecule has 0 aromatic rings. The Kier molecular flexibility index (Phi) is 5.11. The predicted molar refractivity (Wildman–Crippen MR) is 31.8 cm³/mol. The molecule has 48 valence electrons. The third kappa shape index (κ3) is 2.47. The Balaban J connectivity index is 0.000000810. The van der Waals surface area contributed by atoms with Gasteiger partial charge in [-0.25, -0.2) is 0 Å². The Labute approximate surface area is 102 Å². The summed E-state index contributed by atoms with van der Waals surface area (Å²) in [5.41, 5.74) is 5.67. The molecule has 1 aliphatic rings. The van der Waals surface area contributed by atoms with Gasteiger partial charge in [0.2, 0.25) is 0 Å². The van der Waals surface area contributed by atoms with Crippen molar-refractivity contribution in [2.45, 2.75) is 0 Å². The first-order chi connectivity index (χ1) is 4.34. The average molecular weight is 163 g/mol. The number of rotatable bonds is 1. The number of allylic oxidation sites excluding steroid dienone is 2. The number of carbonyl (C=O) groups excluding carboxylic acids is 1. The first kappa shape index (κ1) is 10.3. The molecule has 1 rings (SSSR count). The van der Waals surface area contributed by atoms with Crippen LogP contribution in [0.2, 0.25) is 0 Å². The van der Waals surface area contributed by atoms with E-state index in [0.29, 0.717) is 12.0 Å². The molecule has 0 unspecified atom stereocenters. The maximum absolute atomic E-state index is 10.1.